The van der Waals surface area contributed by atoms with Crippen molar-refractivity contribution in [2.75, 3.05) is 14.1 Å². The Morgan fingerprint density at radius 3 is 2.11 bits per heavy atom. The summed E-state index contributed by atoms with van der Waals surface area (Å²) >= 11 is 4.86. The van der Waals surface area contributed by atoms with Crippen molar-refractivity contribution in [2.24, 2.45) is 0 Å². The fraction of sp³-hybridized carbons (Fsp3) is 0.667. The highest BCUT2D eigenvalue weighted by Gasteiger charge is 2.00. The summed E-state index contributed by atoms with van der Waals surface area (Å²) in [6.07, 6.45) is 0.391. The third-order valence-electron chi connectivity index (χ3n) is 0.899. The van der Waals surface area contributed by atoms with E-state index in [1.807, 2.05) is 14.1 Å². The third-order valence-corrected chi connectivity index (χ3v) is 1.41. The number of carbonyl (C=O) groups excluding carboxylic acids is 1. The molecule has 0 saturated heterocycles. The lowest BCUT2D eigenvalue weighted by Crippen LogP contribution is -2.21. The van der Waals surface area contributed by atoms with Gasteiger partial charge in [-0.2, -0.15) is 0 Å². The molecule has 0 heterocycles. The highest BCUT2D eigenvalue weighted by molar-refractivity contribution is 7.80. The molecule has 0 bridgehead atoms. The number of Topliss-reactive ketones (excluding diaryl/α,β-unsaturated/α-hetero) is 1. The summed E-state index contributed by atoms with van der Waals surface area (Å²) < 4.78 is 0. The molecule has 0 spiro atoms. The summed E-state index contributed by atoms with van der Waals surface area (Å²) in [5.41, 5.74) is 0. The van der Waals surface area contributed by atoms with Crippen LogP contribution in [-0.4, -0.2) is 29.8 Å². The van der Waals surface area contributed by atoms with Crippen LogP contribution in [0.25, 0.3) is 0 Å². The Bertz CT molecular complexity index is 131. The molecule has 0 aromatic carbocycles. The molecular weight excluding hydrogens is 134 g/mol. The van der Waals surface area contributed by atoms with Crippen LogP contribution in [0.5, 0.6) is 0 Å². The molecule has 0 aromatic heterocycles. The molecule has 0 amide bonds. The fourth-order valence-corrected chi connectivity index (χ4v) is 0.574. The van der Waals surface area contributed by atoms with Gasteiger partial charge < -0.3 is 4.90 Å². The highest BCUT2D eigenvalue weighted by Crippen LogP contribution is 1.90. The van der Waals surface area contributed by atoms with E-state index < -0.39 is 0 Å². The Morgan fingerprint density at radius 1 is 1.56 bits per heavy atom. The second-order valence-electron chi connectivity index (χ2n) is 2.17. The van der Waals surface area contributed by atoms with Gasteiger partial charge in [0.05, 0.1) is 11.4 Å². The standard InChI is InChI=1S/C6H11NOS/c1-5(8)4-6(9)7(2)3/h4H2,1-3H3. The Balaban J connectivity index is 3.64. The first-order chi connectivity index (χ1) is 4.04. The molecule has 0 rings (SSSR count). The van der Waals surface area contributed by atoms with Crippen molar-refractivity contribution in [1.29, 1.82) is 0 Å². The van der Waals surface area contributed by atoms with E-state index in [0.717, 1.165) is 0 Å². The van der Waals surface area contributed by atoms with Crippen LogP contribution >= 0.6 is 12.2 Å². The van der Waals surface area contributed by atoms with E-state index in [9.17, 15) is 4.79 Å². The van der Waals surface area contributed by atoms with Crippen LogP contribution in [0.4, 0.5) is 0 Å². The lowest BCUT2D eigenvalue weighted by molar-refractivity contribution is -0.115. The second kappa shape index (κ2) is 3.56. The monoisotopic (exact) mass is 145 g/mol. The molecule has 0 unspecified atom stereocenters. The van der Waals surface area contributed by atoms with Crippen LogP contribution in [-0.2, 0) is 4.79 Å². The Morgan fingerprint density at radius 2 is 2.00 bits per heavy atom. The van der Waals surface area contributed by atoms with E-state index in [1.54, 1.807) is 4.90 Å². The predicted octanol–water partition coefficient (Wildman–Crippen LogP) is 0.855. The van der Waals surface area contributed by atoms with Gasteiger partial charge in [0.2, 0.25) is 0 Å². The van der Waals surface area contributed by atoms with E-state index in [4.69, 9.17) is 12.2 Å². The lowest BCUT2D eigenvalue weighted by Gasteiger charge is -2.10. The molecule has 0 radical (unpaired) electrons. The maximum Gasteiger partial charge on any atom is 0.136 e. The fourth-order valence-electron chi connectivity index (χ4n) is 0.371. The smallest absolute Gasteiger partial charge is 0.136 e. The van der Waals surface area contributed by atoms with Gasteiger partial charge in [0.15, 0.2) is 0 Å². The van der Waals surface area contributed by atoms with Gasteiger partial charge in [-0.15, -0.1) is 0 Å². The summed E-state index contributed by atoms with van der Waals surface area (Å²) in [4.78, 5) is 12.9. The van der Waals surface area contributed by atoms with Gasteiger partial charge in [-0.1, -0.05) is 12.2 Å². The van der Waals surface area contributed by atoms with Crippen molar-refractivity contribution < 1.29 is 4.79 Å². The van der Waals surface area contributed by atoms with Crippen molar-refractivity contribution in [2.45, 2.75) is 13.3 Å². The van der Waals surface area contributed by atoms with Crippen molar-refractivity contribution in [3.05, 3.63) is 0 Å². The van der Waals surface area contributed by atoms with Crippen LogP contribution in [0.2, 0.25) is 0 Å². The van der Waals surface area contributed by atoms with Crippen LogP contribution < -0.4 is 0 Å². The van der Waals surface area contributed by atoms with Crippen LogP contribution in [0.1, 0.15) is 13.3 Å². The van der Waals surface area contributed by atoms with Gasteiger partial charge in [-0.05, 0) is 6.92 Å². The molecule has 0 fully saturated rings. The summed E-state index contributed by atoms with van der Waals surface area (Å²) in [5, 5.41) is 0. The van der Waals surface area contributed by atoms with E-state index in [1.165, 1.54) is 6.92 Å². The second-order valence-corrected chi connectivity index (χ2v) is 2.64. The average molecular weight is 145 g/mol. The first-order valence-electron chi connectivity index (χ1n) is 2.73. The van der Waals surface area contributed by atoms with Gasteiger partial charge in [0.1, 0.15) is 5.78 Å². The maximum absolute atomic E-state index is 10.4. The zero-order valence-electron chi connectivity index (χ0n) is 5.97. The van der Waals surface area contributed by atoms with Gasteiger partial charge >= 0.3 is 0 Å². The first kappa shape index (κ1) is 8.56. The topological polar surface area (TPSA) is 20.3 Å². The largest absolute Gasteiger partial charge is 0.372 e. The maximum atomic E-state index is 10.4. The lowest BCUT2D eigenvalue weighted by atomic mass is 10.3. The molecular formula is C6H11NOS. The molecule has 0 saturated carbocycles. The van der Waals surface area contributed by atoms with Crippen molar-refractivity contribution in [1.82, 2.24) is 4.90 Å². The molecule has 52 valence electrons. The highest BCUT2D eigenvalue weighted by atomic mass is 32.1. The zero-order valence-corrected chi connectivity index (χ0v) is 6.79. The number of hydrogen-bond donors (Lipinski definition) is 0. The van der Waals surface area contributed by atoms with Crippen LogP contribution in [0, 0.1) is 0 Å². The van der Waals surface area contributed by atoms with Gasteiger partial charge in [-0.3, -0.25) is 4.79 Å². The molecule has 0 N–H and O–H groups in total. The van der Waals surface area contributed by atoms with Crippen molar-refractivity contribution >= 4 is 23.0 Å². The summed E-state index contributed by atoms with van der Waals surface area (Å²) in [5.74, 6) is 0.119. The third kappa shape index (κ3) is 4.09. The van der Waals surface area contributed by atoms with Crippen molar-refractivity contribution in [3.8, 4) is 0 Å². The molecule has 0 aliphatic carbocycles. The Kier molecular flexibility index (Phi) is 3.39. The first-order valence-corrected chi connectivity index (χ1v) is 3.14. The van der Waals surface area contributed by atoms with Crippen molar-refractivity contribution in [3.63, 3.8) is 0 Å². The minimum atomic E-state index is 0.119. The summed E-state index contributed by atoms with van der Waals surface area (Å²) in [7, 11) is 3.68. The SMILES string of the molecule is CC(=O)CC(=S)N(C)C. The molecule has 2 nitrogen and oxygen atoms in total. The normalized spacial score (nSPS) is 8.78. The molecule has 0 atom stereocenters. The minimum absolute atomic E-state index is 0.119. The molecule has 0 aliphatic heterocycles. The van der Waals surface area contributed by atoms with E-state index in [2.05, 4.69) is 0 Å². The van der Waals surface area contributed by atoms with Gasteiger partial charge in [0, 0.05) is 14.1 Å². The summed E-state index contributed by atoms with van der Waals surface area (Å²) in [6.45, 7) is 1.54. The predicted molar refractivity (Wildman–Crippen MR) is 41.6 cm³/mol. The van der Waals surface area contributed by atoms with E-state index >= 15 is 0 Å². The number of hydrogen-bond acceptors (Lipinski definition) is 2. The Hall–Kier alpha value is -0.440. The van der Waals surface area contributed by atoms with E-state index in [-0.39, 0.29) is 5.78 Å². The number of ketones is 1. The van der Waals surface area contributed by atoms with Gasteiger partial charge in [0.25, 0.3) is 0 Å². The zero-order chi connectivity index (χ0) is 7.44. The number of rotatable bonds is 2. The average Bonchev–Trinajstić information content (AvgIpc) is 1.63. The van der Waals surface area contributed by atoms with E-state index in [0.29, 0.717) is 11.4 Å². The molecule has 0 aromatic rings. The molecule has 0 aliphatic rings. The summed E-state index contributed by atoms with van der Waals surface area (Å²) in [6, 6.07) is 0. The van der Waals surface area contributed by atoms with Gasteiger partial charge in [-0.25, -0.2) is 0 Å². The minimum Gasteiger partial charge on any atom is -0.372 e. The number of carbonyl (C=O) groups is 1. The number of nitrogens with zero attached hydrogens (tertiary/aromatic N) is 1. The molecule has 9 heavy (non-hydrogen) atoms. The number of thiocarbonyl (C=S) groups is 1. The van der Waals surface area contributed by atoms with Crippen LogP contribution in [0.15, 0.2) is 0 Å². The quantitative estimate of drug-likeness (QED) is 0.537. The van der Waals surface area contributed by atoms with Crippen LogP contribution in [0.3, 0.4) is 0 Å². The Labute approximate surface area is 60.8 Å². The molecule has 3 heteroatoms.